The normalized spacial score (nSPS) is 28.7. The molecule has 2 aliphatic rings. The van der Waals surface area contributed by atoms with Crippen LogP contribution in [0.3, 0.4) is 0 Å². The van der Waals surface area contributed by atoms with E-state index in [-0.39, 0.29) is 5.92 Å². The van der Waals surface area contributed by atoms with Crippen LogP contribution in [0.25, 0.3) is 0 Å². The number of carbonyl (C=O) groups is 1. The first kappa shape index (κ1) is 10.9. The number of carboxylic acid groups (broad SMARTS) is 1. The fourth-order valence-corrected chi connectivity index (χ4v) is 2.09. The molecule has 0 bridgehead atoms. The first-order valence-corrected chi connectivity index (χ1v) is 5.85. The van der Waals surface area contributed by atoms with Gasteiger partial charge in [-0.1, -0.05) is 6.42 Å². The van der Waals surface area contributed by atoms with Crippen LogP contribution in [0, 0.1) is 5.92 Å². The lowest BCUT2D eigenvalue weighted by Gasteiger charge is -2.24. The van der Waals surface area contributed by atoms with Crippen molar-refractivity contribution in [2.45, 2.75) is 44.2 Å². The van der Waals surface area contributed by atoms with Gasteiger partial charge in [-0.2, -0.15) is 0 Å². The highest BCUT2D eigenvalue weighted by Crippen LogP contribution is 2.34. The van der Waals surface area contributed by atoms with Gasteiger partial charge in [0.25, 0.3) is 0 Å². The predicted octanol–water partition coefficient (Wildman–Crippen LogP) is 1.01. The summed E-state index contributed by atoms with van der Waals surface area (Å²) in [5.74, 6) is -0.528. The summed E-state index contributed by atoms with van der Waals surface area (Å²) in [7, 11) is 0. The molecule has 1 saturated heterocycles. The lowest BCUT2D eigenvalue weighted by atomic mass is 10.1. The van der Waals surface area contributed by atoms with E-state index in [1.807, 2.05) is 0 Å². The van der Waals surface area contributed by atoms with Gasteiger partial charge < -0.3 is 15.2 Å². The van der Waals surface area contributed by atoms with Crippen LogP contribution in [0.5, 0.6) is 0 Å². The molecule has 1 saturated carbocycles. The Balaban J connectivity index is 1.72. The molecular formula is C11H19NO3. The molecule has 0 aromatic heterocycles. The summed E-state index contributed by atoms with van der Waals surface area (Å²) in [6.07, 6.45) is 5.01. The van der Waals surface area contributed by atoms with Gasteiger partial charge in [-0.3, -0.25) is 0 Å². The average molecular weight is 213 g/mol. The van der Waals surface area contributed by atoms with Gasteiger partial charge in [0.1, 0.15) is 0 Å². The maximum Gasteiger partial charge on any atom is 0.333 e. The molecule has 0 aromatic rings. The minimum absolute atomic E-state index is 0.270. The zero-order valence-electron chi connectivity index (χ0n) is 8.95. The molecule has 4 nitrogen and oxygen atoms in total. The Morgan fingerprint density at radius 3 is 2.73 bits per heavy atom. The van der Waals surface area contributed by atoms with E-state index in [4.69, 9.17) is 9.84 Å². The Labute approximate surface area is 90.0 Å². The van der Waals surface area contributed by atoms with Gasteiger partial charge in [0.15, 0.2) is 6.10 Å². The molecule has 1 aliphatic heterocycles. The maximum absolute atomic E-state index is 10.9. The largest absolute Gasteiger partial charge is 0.479 e. The van der Waals surface area contributed by atoms with Gasteiger partial charge >= 0.3 is 5.97 Å². The van der Waals surface area contributed by atoms with E-state index < -0.39 is 12.1 Å². The Hall–Kier alpha value is -0.610. The number of rotatable bonds is 5. The maximum atomic E-state index is 10.9. The molecule has 2 N–H and O–H groups in total. The van der Waals surface area contributed by atoms with Crippen LogP contribution < -0.4 is 5.32 Å². The smallest absolute Gasteiger partial charge is 0.333 e. The van der Waals surface area contributed by atoms with Crippen LogP contribution in [-0.4, -0.2) is 36.4 Å². The Morgan fingerprint density at radius 2 is 2.20 bits per heavy atom. The topological polar surface area (TPSA) is 58.6 Å². The summed E-state index contributed by atoms with van der Waals surface area (Å²) in [4.78, 5) is 10.9. The molecule has 2 atom stereocenters. The number of carboxylic acids is 1. The lowest BCUT2D eigenvalue weighted by molar-refractivity contribution is -0.152. The highest BCUT2D eigenvalue weighted by atomic mass is 16.5. The summed E-state index contributed by atoms with van der Waals surface area (Å²) in [5.41, 5.74) is 0. The molecule has 15 heavy (non-hydrogen) atoms. The van der Waals surface area contributed by atoms with E-state index in [0.717, 1.165) is 25.8 Å². The fourth-order valence-electron chi connectivity index (χ4n) is 2.09. The van der Waals surface area contributed by atoms with E-state index in [9.17, 15) is 4.79 Å². The Morgan fingerprint density at radius 1 is 1.40 bits per heavy atom. The van der Waals surface area contributed by atoms with Crippen molar-refractivity contribution >= 4 is 5.97 Å². The standard InChI is InChI=1S/C11H19NO3/c13-11(14)10(8-4-5-8)15-7-9-3-1-2-6-12-9/h8-10,12H,1-7H2,(H,13,14). The fraction of sp³-hybridized carbons (Fsp3) is 0.909. The quantitative estimate of drug-likeness (QED) is 0.715. The molecule has 0 amide bonds. The van der Waals surface area contributed by atoms with Crippen LogP contribution >= 0.6 is 0 Å². The van der Waals surface area contributed by atoms with Gasteiger partial charge in [0.2, 0.25) is 0 Å². The third-order valence-corrected chi connectivity index (χ3v) is 3.18. The van der Waals surface area contributed by atoms with Gasteiger partial charge in [0, 0.05) is 6.04 Å². The number of ether oxygens (including phenoxy) is 1. The van der Waals surface area contributed by atoms with E-state index in [1.54, 1.807) is 0 Å². The molecule has 4 heteroatoms. The lowest BCUT2D eigenvalue weighted by Crippen LogP contribution is -2.40. The molecule has 2 fully saturated rings. The molecule has 1 heterocycles. The van der Waals surface area contributed by atoms with Crippen molar-refractivity contribution in [2.24, 2.45) is 5.92 Å². The number of nitrogens with one attached hydrogen (secondary N) is 1. The van der Waals surface area contributed by atoms with Crippen LogP contribution in [0.2, 0.25) is 0 Å². The average Bonchev–Trinajstić information content (AvgIpc) is 3.03. The molecule has 2 rings (SSSR count). The van der Waals surface area contributed by atoms with Gasteiger partial charge in [-0.25, -0.2) is 4.79 Å². The minimum Gasteiger partial charge on any atom is -0.479 e. The van der Waals surface area contributed by atoms with Crippen LogP contribution in [0.4, 0.5) is 0 Å². The number of aliphatic carboxylic acids is 1. The van der Waals surface area contributed by atoms with E-state index in [0.29, 0.717) is 12.6 Å². The second-order valence-corrected chi connectivity index (χ2v) is 4.58. The summed E-state index contributed by atoms with van der Waals surface area (Å²) >= 11 is 0. The summed E-state index contributed by atoms with van der Waals surface area (Å²) in [5, 5.41) is 12.3. The molecule has 2 unspecified atom stereocenters. The number of hydrogen-bond donors (Lipinski definition) is 2. The monoisotopic (exact) mass is 213 g/mol. The van der Waals surface area contributed by atoms with Crippen molar-refractivity contribution in [1.29, 1.82) is 0 Å². The van der Waals surface area contributed by atoms with Crippen LogP contribution in [-0.2, 0) is 9.53 Å². The van der Waals surface area contributed by atoms with Gasteiger partial charge in [-0.05, 0) is 38.1 Å². The van der Waals surface area contributed by atoms with Crippen LogP contribution in [0.1, 0.15) is 32.1 Å². The highest BCUT2D eigenvalue weighted by molar-refractivity contribution is 5.73. The van der Waals surface area contributed by atoms with E-state index >= 15 is 0 Å². The van der Waals surface area contributed by atoms with Gasteiger partial charge in [0.05, 0.1) is 6.61 Å². The van der Waals surface area contributed by atoms with Crippen molar-refractivity contribution in [1.82, 2.24) is 5.32 Å². The van der Waals surface area contributed by atoms with E-state index in [1.165, 1.54) is 12.8 Å². The molecule has 0 aromatic carbocycles. The number of hydrogen-bond acceptors (Lipinski definition) is 3. The Kier molecular flexibility index (Phi) is 3.59. The van der Waals surface area contributed by atoms with Crippen molar-refractivity contribution in [3.05, 3.63) is 0 Å². The van der Waals surface area contributed by atoms with E-state index in [2.05, 4.69) is 5.32 Å². The molecular weight excluding hydrogens is 194 g/mol. The summed E-state index contributed by atoms with van der Waals surface area (Å²) < 4.78 is 5.50. The molecule has 0 spiro atoms. The first-order chi connectivity index (χ1) is 7.27. The van der Waals surface area contributed by atoms with Crippen molar-refractivity contribution in [2.75, 3.05) is 13.2 Å². The molecule has 0 radical (unpaired) electrons. The van der Waals surface area contributed by atoms with Crippen molar-refractivity contribution < 1.29 is 14.6 Å². The summed E-state index contributed by atoms with van der Waals surface area (Å²) in [6, 6.07) is 0.361. The highest BCUT2D eigenvalue weighted by Gasteiger charge is 2.37. The van der Waals surface area contributed by atoms with Crippen molar-refractivity contribution in [3.63, 3.8) is 0 Å². The second kappa shape index (κ2) is 4.94. The zero-order chi connectivity index (χ0) is 10.7. The first-order valence-electron chi connectivity index (χ1n) is 5.85. The predicted molar refractivity (Wildman–Crippen MR) is 55.7 cm³/mol. The van der Waals surface area contributed by atoms with Crippen LogP contribution in [0.15, 0.2) is 0 Å². The SMILES string of the molecule is O=C(O)C(OCC1CCCCN1)C1CC1. The summed E-state index contributed by atoms with van der Waals surface area (Å²) in [6.45, 7) is 1.59. The van der Waals surface area contributed by atoms with Crippen molar-refractivity contribution in [3.8, 4) is 0 Å². The zero-order valence-corrected chi connectivity index (χ0v) is 8.95. The molecule has 1 aliphatic carbocycles. The van der Waals surface area contributed by atoms with Gasteiger partial charge in [-0.15, -0.1) is 0 Å². The molecule has 86 valence electrons. The second-order valence-electron chi connectivity index (χ2n) is 4.58. The Bertz CT molecular complexity index is 222. The number of piperidine rings is 1. The minimum atomic E-state index is -0.798. The third kappa shape index (κ3) is 3.18. The third-order valence-electron chi connectivity index (χ3n) is 3.18.